The number of benzene rings is 1. The first-order valence-electron chi connectivity index (χ1n) is 4.29. The summed E-state index contributed by atoms with van der Waals surface area (Å²) in [5, 5.41) is 0.777. The van der Waals surface area contributed by atoms with Gasteiger partial charge in [-0.05, 0) is 17.2 Å². The van der Waals surface area contributed by atoms with Crippen LogP contribution >= 0.6 is 23.2 Å². The lowest BCUT2D eigenvalue weighted by molar-refractivity contribution is -0.110. The van der Waals surface area contributed by atoms with E-state index in [-0.39, 0.29) is 5.57 Å². The van der Waals surface area contributed by atoms with Crippen LogP contribution in [0.15, 0.2) is 23.8 Å². The second-order valence-corrected chi connectivity index (χ2v) is 3.99. The molecule has 2 rings (SSSR count). The number of carbonyl (C=O) groups is 2. The molecule has 1 aliphatic rings. The van der Waals surface area contributed by atoms with Crippen molar-refractivity contribution in [2.24, 2.45) is 0 Å². The molecule has 0 heterocycles. The van der Waals surface area contributed by atoms with Crippen molar-refractivity contribution in [2.45, 2.75) is 5.92 Å². The molecule has 0 aliphatic heterocycles. The number of allylic oxidation sites excluding steroid dienone is 1. The normalized spacial score (nSPS) is 18.9. The van der Waals surface area contributed by atoms with Crippen LogP contribution in [0.3, 0.4) is 0 Å². The molecule has 0 amide bonds. The molecule has 1 aliphatic carbocycles. The minimum atomic E-state index is -0.626. The Labute approximate surface area is 96.5 Å². The molecule has 0 saturated carbocycles. The zero-order chi connectivity index (χ0) is 11.0. The Hall–Kier alpha value is -1.12. The maximum Gasteiger partial charge on any atom is 0.148 e. The van der Waals surface area contributed by atoms with E-state index in [4.69, 9.17) is 23.2 Å². The third-order valence-corrected chi connectivity index (χ3v) is 3.20. The molecule has 0 bridgehead atoms. The van der Waals surface area contributed by atoms with E-state index < -0.39 is 5.92 Å². The van der Waals surface area contributed by atoms with Crippen molar-refractivity contribution in [3.05, 3.63) is 39.9 Å². The maximum atomic E-state index is 10.9. The molecular weight excluding hydrogens is 235 g/mol. The van der Waals surface area contributed by atoms with E-state index in [2.05, 4.69) is 0 Å². The average molecular weight is 241 g/mol. The number of hydrogen-bond donors (Lipinski definition) is 0. The Bertz CT molecular complexity index is 477. The molecule has 0 radical (unpaired) electrons. The molecule has 1 aromatic rings. The molecule has 1 atom stereocenters. The number of hydrogen-bond acceptors (Lipinski definition) is 2. The SMILES string of the molecule is O=CC1=C(Cl)c2cccc(Cl)c2C1C=O. The van der Waals surface area contributed by atoms with Gasteiger partial charge in [0.1, 0.15) is 12.6 Å². The van der Waals surface area contributed by atoms with E-state index in [1.54, 1.807) is 18.2 Å². The Morgan fingerprint density at radius 3 is 2.53 bits per heavy atom. The molecule has 1 unspecified atom stereocenters. The average Bonchev–Trinajstić information content (AvgIpc) is 2.53. The van der Waals surface area contributed by atoms with E-state index in [0.29, 0.717) is 33.8 Å². The first kappa shape index (κ1) is 10.4. The van der Waals surface area contributed by atoms with Crippen LogP contribution in [-0.4, -0.2) is 12.6 Å². The highest BCUT2D eigenvalue weighted by Gasteiger charge is 2.31. The highest BCUT2D eigenvalue weighted by Crippen LogP contribution is 2.44. The lowest BCUT2D eigenvalue weighted by Crippen LogP contribution is -2.01. The van der Waals surface area contributed by atoms with Crippen molar-refractivity contribution in [3.63, 3.8) is 0 Å². The van der Waals surface area contributed by atoms with Gasteiger partial charge in [-0.2, -0.15) is 0 Å². The highest BCUT2D eigenvalue weighted by atomic mass is 35.5. The number of fused-ring (bicyclic) bond motifs is 1. The number of halogens is 2. The van der Waals surface area contributed by atoms with Gasteiger partial charge >= 0.3 is 0 Å². The molecule has 0 fully saturated rings. The van der Waals surface area contributed by atoms with E-state index in [1.165, 1.54) is 0 Å². The fourth-order valence-corrected chi connectivity index (χ4v) is 2.38. The largest absolute Gasteiger partial charge is 0.302 e. The van der Waals surface area contributed by atoms with Crippen molar-refractivity contribution >= 4 is 40.8 Å². The quantitative estimate of drug-likeness (QED) is 0.746. The molecule has 0 saturated heterocycles. The first-order chi connectivity index (χ1) is 7.20. The Morgan fingerprint density at radius 1 is 1.20 bits per heavy atom. The van der Waals surface area contributed by atoms with Crippen LogP contribution in [0, 0.1) is 0 Å². The fourth-order valence-electron chi connectivity index (χ4n) is 1.76. The summed E-state index contributed by atoms with van der Waals surface area (Å²) in [6.07, 6.45) is 1.29. The maximum absolute atomic E-state index is 10.9. The monoisotopic (exact) mass is 240 g/mol. The van der Waals surface area contributed by atoms with Gasteiger partial charge in [0.05, 0.1) is 11.0 Å². The highest BCUT2D eigenvalue weighted by molar-refractivity contribution is 6.52. The lowest BCUT2D eigenvalue weighted by Gasteiger charge is -2.06. The fraction of sp³-hybridized carbons (Fsp3) is 0.0909. The van der Waals surface area contributed by atoms with Gasteiger partial charge in [0.15, 0.2) is 0 Å². The van der Waals surface area contributed by atoms with Crippen molar-refractivity contribution in [1.29, 1.82) is 0 Å². The summed E-state index contributed by atoms with van der Waals surface area (Å²) in [7, 11) is 0. The molecule has 4 heteroatoms. The van der Waals surface area contributed by atoms with Gasteiger partial charge in [-0.1, -0.05) is 35.3 Å². The zero-order valence-corrected chi connectivity index (χ0v) is 9.05. The summed E-state index contributed by atoms with van der Waals surface area (Å²) in [5.41, 5.74) is 1.58. The molecule has 76 valence electrons. The first-order valence-corrected chi connectivity index (χ1v) is 5.05. The van der Waals surface area contributed by atoms with Crippen LogP contribution in [-0.2, 0) is 9.59 Å². The van der Waals surface area contributed by atoms with Crippen molar-refractivity contribution in [1.82, 2.24) is 0 Å². The minimum Gasteiger partial charge on any atom is -0.302 e. The molecule has 0 N–H and O–H groups in total. The summed E-state index contributed by atoms with van der Waals surface area (Å²) in [6.45, 7) is 0. The van der Waals surface area contributed by atoms with Gasteiger partial charge in [-0.15, -0.1) is 0 Å². The molecule has 0 spiro atoms. The molecule has 1 aromatic carbocycles. The summed E-state index contributed by atoms with van der Waals surface area (Å²) in [5.74, 6) is -0.626. The third kappa shape index (κ3) is 1.41. The van der Waals surface area contributed by atoms with Gasteiger partial charge in [-0.3, -0.25) is 4.79 Å². The molecule has 2 nitrogen and oxygen atoms in total. The molecular formula is C11H6Cl2O2. The third-order valence-electron chi connectivity index (χ3n) is 2.45. The van der Waals surface area contributed by atoms with Crippen molar-refractivity contribution < 1.29 is 9.59 Å². The lowest BCUT2D eigenvalue weighted by atomic mass is 9.98. The standard InChI is InChI=1S/C11H6Cl2O2/c12-9-3-1-2-6-10(9)7(4-14)8(5-15)11(6)13/h1-5,7H. The topological polar surface area (TPSA) is 34.1 Å². The van der Waals surface area contributed by atoms with Crippen molar-refractivity contribution in [2.75, 3.05) is 0 Å². The van der Waals surface area contributed by atoms with E-state index in [0.717, 1.165) is 0 Å². The zero-order valence-electron chi connectivity index (χ0n) is 7.54. The van der Waals surface area contributed by atoms with Crippen LogP contribution in [0.25, 0.3) is 5.03 Å². The summed E-state index contributed by atoms with van der Waals surface area (Å²) in [4.78, 5) is 21.7. The van der Waals surface area contributed by atoms with E-state index in [9.17, 15) is 9.59 Å². The van der Waals surface area contributed by atoms with Crippen LogP contribution in [0.1, 0.15) is 17.0 Å². The summed E-state index contributed by atoms with van der Waals surface area (Å²) in [6, 6.07) is 5.16. The van der Waals surface area contributed by atoms with Crippen LogP contribution in [0.5, 0.6) is 0 Å². The molecule has 0 aromatic heterocycles. The van der Waals surface area contributed by atoms with Gasteiger partial charge in [0, 0.05) is 10.6 Å². The number of aldehydes is 2. The smallest absolute Gasteiger partial charge is 0.148 e. The Kier molecular flexibility index (Phi) is 2.63. The van der Waals surface area contributed by atoms with Gasteiger partial charge in [0.2, 0.25) is 0 Å². The number of carbonyl (C=O) groups excluding carboxylic acids is 2. The summed E-state index contributed by atoms with van der Waals surface area (Å²) >= 11 is 12.0. The van der Waals surface area contributed by atoms with Crippen molar-refractivity contribution in [3.8, 4) is 0 Å². The van der Waals surface area contributed by atoms with E-state index in [1.807, 2.05) is 0 Å². The Morgan fingerprint density at radius 2 is 1.93 bits per heavy atom. The summed E-state index contributed by atoms with van der Waals surface area (Å²) < 4.78 is 0. The van der Waals surface area contributed by atoms with Gasteiger partial charge < -0.3 is 4.79 Å². The van der Waals surface area contributed by atoms with Gasteiger partial charge in [-0.25, -0.2) is 0 Å². The predicted molar refractivity (Wildman–Crippen MR) is 59.1 cm³/mol. The van der Waals surface area contributed by atoms with E-state index >= 15 is 0 Å². The minimum absolute atomic E-state index is 0.287. The van der Waals surface area contributed by atoms with Crippen LogP contribution in [0.4, 0.5) is 0 Å². The van der Waals surface area contributed by atoms with Crippen LogP contribution < -0.4 is 0 Å². The second-order valence-electron chi connectivity index (χ2n) is 3.20. The molecule has 15 heavy (non-hydrogen) atoms. The second kappa shape index (κ2) is 3.80. The van der Waals surface area contributed by atoms with Gasteiger partial charge in [0.25, 0.3) is 0 Å². The number of rotatable bonds is 2. The Balaban J connectivity index is 2.72. The van der Waals surface area contributed by atoms with Crippen LogP contribution in [0.2, 0.25) is 5.02 Å². The predicted octanol–water partition coefficient (Wildman–Crippen LogP) is 2.78.